The molecular weight excluding hydrogens is 398 g/mol. The maximum atomic E-state index is 12.8. The quantitative estimate of drug-likeness (QED) is 0.380. The van der Waals surface area contributed by atoms with Gasteiger partial charge in [-0.05, 0) is 29.8 Å². The highest BCUT2D eigenvalue weighted by Gasteiger charge is 2.16. The van der Waals surface area contributed by atoms with Crippen LogP contribution in [0.1, 0.15) is 16.8 Å². The monoisotopic (exact) mass is 417 g/mol. The minimum atomic E-state index is -0.197. The van der Waals surface area contributed by atoms with E-state index in [0.717, 1.165) is 16.6 Å². The van der Waals surface area contributed by atoms with E-state index in [1.54, 1.807) is 21.7 Å². The molecule has 150 valence electrons. The Bertz CT molecular complexity index is 1290. The fraction of sp³-hybridized carbons (Fsp3) is 0.190. The van der Waals surface area contributed by atoms with Crippen molar-refractivity contribution in [2.24, 2.45) is 0 Å². The number of hydrogen-bond donors (Lipinski definition) is 1. The Balaban J connectivity index is 1.64. The summed E-state index contributed by atoms with van der Waals surface area (Å²) in [4.78, 5) is 22.1. The highest BCUT2D eigenvalue weighted by molar-refractivity contribution is 7.98. The van der Waals surface area contributed by atoms with Crippen molar-refractivity contribution in [2.45, 2.75) is 17.5 Å². The number of fused-ring (bicyclic) bond motifs is 1. The molecule has 0 aliphatic rings. The van der Waals surface area contributed by atoms with Gasteiger partial charge in [-0.25, -0.2) is 9.67 Å². The Kier molecular flexibility index (Phi) is 5.50. The molecule has 0 bridgehead atoms. The summed E-state index contributed by atoms with van der Waals surface area (Å²) >= 11 is 1.44. The number of nitrogens with zero attached hydrogens (tertiary/aromatic N) is 6. The number of anilines is 1. The lowest BCUT2D eigenvalue weighted by Gasteiger charge is -2.16. The first-order valence-corrected chi connectivity index (χ1v) is 10.2. The molecule has 2 aromatic carbocycles. The number of nitriles is 1. The molecule has 0 spiro atoms. The zero-order valence-corrected chi connectivity index (χ0v) is 17.3. The highest BCUT2D eigenvalue weighted by atomic mass is 32.2. The second-order valence-electron chi connectivity index (χ2n) is 6.89. The van der Waals surface area contributed by atoms with Crippen molar-refractivity contribution in [3.8, 4) is 6.07 Å². The van der Waals surface area contributed by atoms with E-state index in [1.165, 1.54) is 11.8 Å². The molecule has 0 aliphatic heterocycles. The molecule has 1 N–H and O–H groups in total. The van der Waals surface area contributed by atoms with Crippen molar-refractivity contribution in [3.05, 3.63) is 75.7 Å². The van der Waals surface area contributed by atoms with Gasteiger partial charge in [0.25, 0.3) is 5.56 Å². The van der Waals surface area contributed by atoms with Crippen LogP contribution in [0.2, 0.25) is 0 Å². The number of nitrogens with one attached hydrogen (secondary N) is 1. The van der Waals surface area contributed by atoms with Crippen LogP contribution in [0.4, 0.5) is 5.69 Å². The molecule has 0 saturated heterocycles. The van der Waals surface area contributed by atoms with Crippen LogP contribution in [0.25, 0.3) is 11.0 Å². The van der Waals surface area contributed by atoms with Gasteiger partial charge in [-0.2, -0.15) is 5.26 Å². The van der Waals surface area contributed by atoms with E-state index in [-0.39, 0.29) is 5.56 Å². The van der Waals surface area contributed by atoms with E-state index < -0.39 is 0 Å². The maximum absolute atomic E-state index is 12.8. The summed E-state index contributed by atoms with van der Waals surface area (Å²) in [6.45, 7) is 0.336. The van der Waals surface area contributed by atoms with Crippen molar-refractivity contribution in [2.75, 3.05) is 19.0 Å². The average Bonchev–Trinajstić information content (AvgIpc) is 3.15. The molecule has 4 rings (SSSR count). The van der Waals surface area contributed by atoms with Crippen LogP contribution in [0, 0.1) is 11.3 Å². The summed E-state index contributed by atoms with van der Waals surface area (Å²) in [7, 11) is 3.64. The van der Waals surface area contributed by atoms with E-state index in [2.05, 4.69) is 21.4 Å². The summed E-state index contributed by atoms with van der Waals surface area (Å²) in [5, 5.41) is 17.9. The van der Waals surface area contributed by atoms with Crippen LogP contribution in [-0.2, 0) is 12.3 Å². The van der Waals surface area contributed by atoms with E-state index in [9.17, 15) is 4.79 Å². The molecule has 0 aliphatic carbocycles. The molecule has 0 radical (unpaired) electrons. The molecule has 0 fully saturated rings. The van der Waals surface area contributed by atoms with Gasteiger partial charge < -0.3 is 4.90 Å². The fourth-order valence-corrected chi connectivity index (χ4v) is 3.97. The standard InChI is InChI=1S/C21H19N7OS/c1-27(2)19-17(12-28-18-6-4-3-5-16(18)25-26-28)23-21(24-20(19)29)30-13-15-9-7-14(11-22)8-10-15/h3-10H,12-13H2,1-2H3,(H,23,24,29). The van der Waals surface area contributed by atoms with Gasteiger partial charge in [0.2, 0.25) is 0 Å². The van der Waals surface area contributed by atoms with Crippen LogP contribution >= 0.6 is 11.8 Å². The summed E-state index contributed by atoms with van der Waals surface area (Å²) in [6.07, 6.45) is 0. The van der Waals surface area contributed by atoms with Gasteiger partial charge in [0.15, 0.2) is 5.16 Å². The molecule has 0 saturated carbocycles. The molecule has 9 heteroatoms. The van der Waals surface area contributed by atoms with Crippen LogP contribution in [0.3, 0.4) is 0 Å². The Morgan fingerprint density at radius 1 is 1.17 bits per heavy atom. The maximum Gasteiger partial charge on any atom is 0.275 e. The van der Waals surface area contributed by atoms with Gasteiger partial charge >= 0.3 is 0 Å². The molecule has 2 heterocycles. The van der Waals surface area contributed by atoms with E-state index >= 15 is 0 Å². The van der Waals surface area contributed by atoms with Crippen LogP contribution in [0.15, 0.2) is 58.5 Å². The molecule has 2 aromatic heterocycles. The summed E-state index contributed by atoms with van der Waals surface area (Å²) in [5.41, 5.74) is 4.27. The third-order valence-corrected chi connectivity index (χ3v) is 5.52. The number of para-hydroxylation sites is 1. The predicted molar refractivity (Wildman–Crippen MR) is 117 cm³/mol. The number of rotatable bonds is 6. The first-order chi connectivity index (χ1) is 14.5. The van der Waals surface area contributed by atoms with Gasteiger partial charge in [-0.3, -0.25) is 9.78 Å². The minimum absolute atomic E-state index is 0.197. The molecular formula is C21H19N7OS. The summed E-state index contributed by atoms with van der Waals surface area (Å²) < 4.78 is 1.75. The Hall–Kier alpha value is -3.64. The van der Waals surface area contributed by atoms with E-state index in [0.29, 0.717) is 34.4 Å². The molecule has 8 nitrogen and oxygen atoms in total. The smallest absolute Gasteiger partial charge is 0.275 e. The molecule has 4 aromatic rings. The zero-order valence-electron chi connectivity index (χ0n) is 16.5. The third kappa shape index (κ3) is 4.04. The predicted octanol–water partition coefficient (Wildman–Crippen LogP) is 2.79. The fourth-order valence-electron chi connectivity index (χ4n) is 3.13. The van der Waals surface area contributed by atoms with Crippen molar-refractivity contribution in [3.63, 3.8) is 0 Å². The normalized spacial score (nSPS) is 10.8. The minimum Gasteiger partial charge on any atom is -0.372 e. The first kappa shape index (κ1) is 19.7. The van der Waals surface area contributed by atoms with Crippen molar-refractivity contribution < 1.29 is 0 Å². The molecule has 0 unspecified atom stereocenters. The van der Waals surface area contributed by atoms with Gasteiger partial charge in [-0.1, -0.05) is 41.2 Å². The average molecular weight is 417 g/mol. The molecule has 0 atom stereocenters. The van der Waals surface area contributed by atoms with Crippen molar-refractivity contribution in [1.82, 2.24) is 25.0 Å². The van der Waals surface area contributed by atoms with Crippen LogP contribution in [0.5, 0.6) is 0 Å². The van der Waals surface area contributed by atoms with Crippen LogP contribution < -0.4 is 10.5 Å². The first-order valence-electron chi connectivity index (χ1n) is 9.26. The second-order valence-corrected chi connectivity index (χ2v) is 7.86. The van der Waals surface area contributed by atoms with Gasteiger partial charge in [0.1, 0.15) is 11.2 Å². The summed E-state index contributed by atoms with van der Waals surface area (Å²) in [5.74, 6) is 0.627. The SMILES string of the molecule is CN(C)c1c(Cn2nnc3ccccc32)nc(SCc2ccc(C#N)cc2)[nH]c1=O. The van der Waals surface area contributed by atoms with Gasteiger partial charge in [0.05, 0.1) is 29.4 Å². The van der Waals surface area contributed by atoms with E-state index in [4.69, 9.17) is 10.2 Å². The lowest BCUT2D eigenvalue weighted by Crippen LogP contribution is -2.25. The Morgan fingerprint density at radius 3 is 2.67 bits per heavy atom. The van der Waals surface area contributed by atoms with Gasteiger partial charge in [0, 0.05) is 19.8 Å². The molecule has 30 heavy (non-hydrogen) atoms. The number of aromatic amines is 1. The van der Waals surface area contributed by atoms with Crippen molar-refractivity contribution >= 4 is 28.5 Å². The number of H-pyrrole nitrogens is 1. The topological polar surface area (TPSA) is 103 Å². The molecule has 0 amide bonds. The lowest BCUT2D eigenvalue weighted by atomic mass is 10.2. The van der Waals surface area contributed by atoms with Gasteiger partial charge in [-0.15, -0.1) is 5.10 Å². The lowest BCUT2D eigenvalue weighted by molar-refractivity contribution is 0.647. The number of thioether (sulfide) groups is 1. The third-order valence-electron chi connectivity index (χ3n) is 4.57. The number of hydrogen-bond acceptors (Lipinski definition) is 7. The largest absolute Gasteiger partial charge is 0.372 e. The highest BCUT2D eigenvalue weighted by Crippen LogP contribution is 2.22. The zero-order chi connectivity index (χ0) is 21.1. The number of aromatic nitrogens is 5. The van der Waals surface area contributed by atoms with E-state index in [1.807, 2.05) is 50.5 Å². The Labute approximate surface area is 177 Å². The van der Waals surface area contributed by atoms with Crippen LogP contribution in [-0.4, -0.2) is 39.1 Å². The summed E-state index contributed by atoms with van der Waals surface area (Å²) in [6, 6.07) is 17.2. The second kappa shape index (κ2) is 8.39. The number of benzene rings is 2. The Morgan fingerprint density at radius 2 is 1.93 bits per heavy atom. The van der Waals surface area contributed by atoms with Crippen molar-refractivity contribution in [1.29, 1.82) is 5.26 Å².